The minimum Gasteiger partial charge on any atom is -0.497 e. The minimum atomic E-state index is -3.96. The zero-order valence-corrected chi connectivity index (χ0v) is 17.5. The molecule has 0 atom stereocenters. The summed E-state index contributed by atoms with van der Waals surface area (Å²) >= 11 is 6.84. The first-order valence-electron chi connectivity index (χ1n) is 8.30. The number of amides is 1. The summed E-state index contributed by atoms with van der Waals surface area (Å²) in [5.74, 6) is 0.424. The van der Waals surface area contributed by atoms with Gasteiger partial charge in [0, 0.05) is 11.6 Å². The van der Waals surface area contributed by atoms with Crippen LogP contribution in [0.5, 0.6) is 5.75 Å². The smallest absolute Gasteiger partial charge is 0.284 e. The van der Waals surface area contributed by atoms with Crippen molar-refractivity contribution in [1.82, 2.24) is 4.90 Å². The minimum absolute atomic E-state index is 0.0149. The SMILES string of the molecule is CCN1C(=O)C(=Cc2ccc(OC)cc2)SC1=NS(=O)(=O)c1ccc(Cl)cc1. The lowest BCUT2D eigenvalue weighted by atomic mass is 10.2. The standard InChI is InChI=1S/C19H17ClN2O4S2/c1-3-22-18(23)17(12-13-4-8-15(26-2)9-5-13)27-19(22)21-28(24,25)16-10-6-14(20)7-11-16/h4-12H,3H2,1-2H3. The summed E-state index contributed by atoms with van der Waals surface area (Å²) in [7, 11) is -2.39. The maximum Gasteiger partial charge on any atom is 0.284 e. The summed E-state index contributed by atoms with van der Waals surface area (Å²) in [5.41, 5.74) is 0.800. The zero-order valence-electron chi connectivity index (χ0n) is 15.1. The summed E-state index contributed by atoms with van der Waals surface area (Å²) in [4.78, 5) is 14.4. The van der Waals surface area contributed by atoms with Crippen molar-refractivity contribution in [2.24, 2.45) is 4.40 Å². The molecule has 1 saturated heterocycles. The highest BCUT2D eigenvalue weighted by Crippen LogP contribution is 2.33. The zero-order chi connectivity index (χ0) is 20.3. The fourth-order valence-electron chi connectivity index (χ4n) is 2.47. The molecule has 1 aliphatic rings. The van der Waals surface area contributed by atoms with Gasteiger partial charge < -0.3 is 4.74 Å². The number of rotatable bonds is 5. The van der Waals surface area contributed by atoms with E-state index in [0.717, 1.165) is 17.3 Å². The number of thioether (sulfide) groups is 1. The lowest BCUT2D eigenvalue weighted by Crippen LogP contribution is -2.29. The Morgan fingerprint density at radius 3 is 2.36 bits per heavy atom. The largest absolute Gasteiger partial charge is 0.497 e. The Morgan fingerprint density at radius 2 is 1.79 bits per heavy atom. The molecule has 0 radical (unpaired) electrons. The van der Waals surface area contributed by atoms with Gasteiger partial charge in [-0.05, 0) is 66.7 Å². The van der Waals surface area contributed by atoms with Gasteiger partial charge in [0.15, 0.2) is 5.17 Å². The number of amidine groups is 1. The molecule has 3 rings (SSSR count). The summed E-state index contributed by atoms with van der Waals surface area (Å²) < 4.78 is 34.2. The quantitative estimate of drug-likeness (QED) is 0.661. The van der Waals surface area contributed by atoms with Crippen LogP contribution in [-0.2, 0) is 14.8 Å². The number of nitrogens with zero attached hydrogens (tertiary/aromatic N) is 2. The summed E-state index contributed by atoms with van der Waals surface area (Å²) in [5, 5.41) is 0.555. The Bertz CT molecular complexity index is 1050. The van der Waals surface area contributed by atoms with Gasteiger partial charge in [0.25, 0.3) is 15.9 Å². The van der Waals surface area contributed by atoms with Crippen LogP contribution in [-0.4, -0.2) is 38.0 Å². The van der Waals surface area contributed by atoms with E-state index in [9.17, 15) is 13.2 Å². The van der Waals surface area contributed by atoms with E-state index in [1.807, 2.05) is 12.1 Å². The highest BCUT2D eigenvalue weighted by Gasteiger charge is 2.34. The fourth-order valence-corrected chi connectivity index (χ4v) is 4.84. The van der Waals surface area contributed by atoms with Crippen molar-refractivity contribution in [3.63, 3.8) is 0 Å². The molecule has 9 heteroatoms. The van der Waals surface area contributed by atoms with Gasteiger partial charge in [-0.2, -0.15) is 8.42 Å². The number of ether oxygens (including phenoxy) is 1. The van der Waals surface area contributed by atoms with E-state index in [4.69, 9.17) is 16.3 Å². The van der Waals surface area contributed by atoms with E-state index in [2.05, 4.69) is 4.40 Å². The Kier molecular flexibility index (Phi) is 6.12. The lowest BCUT2D eigenvalue weighted by molar-refractivity contribution is -0.122. The number of benzene rings is 2. The molecule has 1 amide bonds. The number of likely N-dealkylation sites (N-methyl/N-ethyl adjacent to an activating group) is 1. The van der Waals surface area contributed by atoms with E-state index in [1.165, 1.54) is 29.2 Å². The van der Waals surface area contributed by atoms with Crippen LogP contribution < -0.4 is 4.74 Å². The van der Waals surface area contributed by atoms with Crippen LogP contribution in [0, 0.1) is 0 Å². The van der Waals surface area contributed by atoms with Crippen molar-refractivity contribution in [2.45, 2.75) is 11.8 Å². The average Bonchev–Trinajstić information content (AvgIpc) is 2.96. The van der Waals surface area contributed by atoms with Crippen molar-refractivity contribution in [3.8, 4) is 5.75 Å². The monoisotopic (exact) mass is 436 g/mol. The highest BCUT2D eigenvalue weighted by molar-refractivity contribution is 8.19. The Hall–Kier alpha value is -2.29. The number of halogens is 1. The number of carbonyl (C=O) groups is 1. The van der Waals surface area contributed by atoms with Crippen LogP contribution in [0.15, 0.2) is 62.7 Å². The molecule has 0 aromatic heterocycles. The predicted octanol–water partition coefficient (Wildman–Crippen LogP) is 4.03. The van der Waals surface area contributed by atoms with Gasteiger partial charge in [-0.1, -0.05) is 23.7 Å². The predicted molar refractivity (Wildman–Crippen MR) is 112 cm³/mol. The molecule has 0 unspecified atom stereocenters. The van der Waals surface area contributed by atoms with Crippen LogP contribution in [0.4, 0.5) is 0 Å². The molecule has 0 saturated carbocycles. The van der Waals surface area contributed by atoms with Gasteiger partial charge in [-0.3, -0.25) is 9.69 Å². The molecule has 1 heterocycles. The maximum absolute atomic E-state index is 12.7. The van der Waals surface area contributed by atoms with Crippen LogP contribution in [0.3, 0.4) is 0 Å². The molecular weight excluding hydrogens is 420 g/mol. The molecule has 2 aromatic rings. The van der Waals surface area contributed by atoms with E-state index in [1.54, 1.807) is 32.2 Å². The topological polar surface area (TPSA) is 76.0 Å². The first kappa shape index (κ1) is 20.4. The third kappa shape index (κ3) is 4.40. The Balaban J connectivity index is 1.93. The number of hydrogen-bond acceptors (Lipinski definition) is 5. The number of sulfonamides is 1. The van der Waals surface area contributed by atoms with Crippen LogP contribution >= 0.6 is 23.4 Å². The third-order valence-corrected chi connectivity index (χ3v) is 6.58. The van der Waals surface area contributed by atoms with Gasteiger partial charge in [-0.25, -0.2) is 0 Å². The lowest BCUT2D eigenvalue weighted by Gasteiger charge is -2.11. The molecule has 0 aliphatic carbocycles. The third-order valence-electron chi connectivity index (χ3n) is 3.93. The number of methoxy groups -OCH3 is 1. The molecule has 1 fully saturated rings. The van der Waals surface area contributed by atoms with E-state index in [0.29, 0.717) is 22.2 Å². The molecule has 0 N–H and O–H groups in total. The summed E-state index contributed by atoms with van der Waals surface area (Å²) in [6.45, 7) is 2.07. The molecule has 0 bridgehead atoms. The fraction of sp³-hybridized carbons (Fsp3) is 0.158. The van der Waals surface area contributed by atoms with Crippen molar-refractivity contribution in [1.29, 1.82) is 0 Å². The molecule has 6 nitrogen and oxygen atoms in total. The van der Waals surface area contributed by atoms with Crippen molar-refractivity contribution in [3.05, 3.63) is 64.0 Å². The Morgan fingerprint density at radius 1 is 1.14 bits per heavy atom. The first-order chi connectivity index (χ1) is 13.3. The molecular formula is C19H17ClN2O4S2. The summed E-state index contributed by atoms with van der Waals surface area (Å²) in [6.07, 6.45) is 1.70. The van der Waals surface area contributed by atoms with Gasteiger partial charge >= 0.3 is 0 Å². The van der Waals surface area contributed by atoms with Gasteiger partial charge in [-0.15, -0.1) is 4.40 Å². The molecule has 1 aliphatic heterocycles. The molecule has 2 aromatic carbocycles. The average molecular weight is 437 g/mol. The normalized spacial score (nSPS) is 17.5. The van der Waals surface area contributed by atoms with E-state index >= 15 is 0 Å². The van der Waals surface area contributed by atoms with Gasteiger partial charge in [0.2, 0.25) is 0 Å². The van der Waals surface area contributed by atoms with Crippen molar-refractivity contribution < 1.29 is 17.9 Å². The molecule has 146 valence electrons. The Labute approximate surface area is 172 Å². The second kappa shape index (κ2) is 8.38. The van der Waals surface area contributed by atoms with Crippen molar-refractivity contribution >= 4 is 50.5 Å². The number of carbonyl (C=O) groups excluding carboxylic acids is 1. The van der Waals surface area contributed by atoms with Crippen LogP contribution in [0.1, 0.15) is 12.5 Å². The van der Waals surface area contributed by atoms with Crippen molar-refractivity contribution in [2.75, 3.05) is 13.7 Å². The van der Waals surface area contributed by atoms with Crippen LogP contribution in [0.25, 0.3) is 6.08 Å². The first-order valence-corrected chi connectivity index (χ1v) is 10.9. The van der Waals surface area contributed by atoms with Gasteiger partial charge in [0.05, 0.1) is 16.9 Å². The van der Waals surface area contributed by atoms with Gasteiger partial charge in [0.1, 0.15) is 5.75 Å². The second-order valence-corrected chi connectivity index (χ2v) is 8.79. The summed E-state index contributed by atoms with van der Waals surface area (Å²) in [6, 6.07) is 12.9. The maximum atomic E-state index is 12.7. The second-order valence-electron chi connectivity index (χ2n) is 5.74. The molecule has 0 spiro atoms. The highest BCUT2D eigenvalue weighted by atomic mass is 35.5. The van der Waals surface area contributed by atoms with E-state index < -0.39 is 10.0 Å². The van der Waals surface area contributed by atoms with Crippen LogP contribution in [0.2, 0.25) is 5.02 Å². The number of hydrogen-bond donors (Lipinski definition) is 0. The van der Waals surface area contributed by atoms with E-state index in [-0.39, 0.29) is 16.0 Å². The molecule has 28 heavy (non-hydrogen) atoms.